The predicted octanol–water partition coefficient (Wildman–Crippen LogP) is 1.71. The molecule has 0 spiro atoms. The number of thiazole rings is 1. The van der Waals surface area contributed by atoms with E-state index in [0.717, 1.165) is 18.5 Å². The average molecular weight is 225 g/mol. The molecular weight excluding hydrogens is 210 g/mol. The SMILES string of the molecule is Cc1nc(N)sc1C(=O)NC1CCCC1. The van der Waals surface area contributed by atoms with Crippen LogP contribution in [-0.4, -0.2) is 16.9 Å². The van der Waals surface area contributed by atoms with Gasteiger partial charge in [-0.15, -0.1) is 0 Å². The Morgan fingerprint density at radius 1 is 1.53 bits per heavy atom. The van der Waals surface area contributed by atoms with Crippen molar-refractivity contribution in [3.63, 3.8) is 0 Å². The van der Waals surface area contributed by atoms with Crippen LogP contribution >= 0.6 is 11.3 Å². The lowest BCUT2D eigenvalue weighted by Crippen LogP contribution is -2.32. The van der Waals surface area contributed by atoms with Crippen molar-refractivity contribution in [3.05, 3.63) is 10.6 Å². The summed E-state index contributed by atoms with van der Waals surface area (Å²) in [6.45, 7) is 1.82. The van der Waals surface area contributed by atoms with E-state index in [4.69, 9.17) is 5.73 Å². The van der Waals surface area contributed by atoms with Gasteiger partial charge in [0.1, 0.15) is 4.88 Å². The molecule has 4 nitrogen and oxygen atoms in total. The van der Waals surface area contributed by atoms with Crippen LogP contribution in [0.15, 0.2) is 0 Å². The largest absolute Gasteiger partial charge is 0.375 e. The van der Waals surface area contributed by atoms with Gasteiger partial charge in [0.25, 0.3) is 5.91 Å². The Balaban J connectivity index is 2.03. The number of rotatable bonds is 2. The second-order valence-electron chi connectivity index (χ2n) is 3.92. The number of nitrogen functional groups attached to an aromatic ring is 1. The van der Waals surface area contributed by atoms with Gasteiger partial charge in [-0.25, -0.2) is 4.98 Å². The molecule has 1 amide bonds. The minimum atomic E-state index is -0.0198. The van der Waals surface area contributed by atoms with Crippen LogP contribution in [0, 0.1) is 6.92 Å². The molecule has 5 heteroatoms. The molecule has 0 unspecified atom stereocenters. The number of anilines is 1. The first kappa shape index (κ1) is 10.4. The number of nitrogens with zero attached hydrogens (tertiary/aromatic N) is 1. The fraction of sp³-hybridized carbons (Fsp3) is 0.600. The van der Waals surface area contributed by atoms with Crippen molar-refractivity contribution in [3.8, 4) is 0 Å². The van der Waals surface area contributed by atoms with E-state index in [1.165, 1.54) is 24.2 Å². The molecule has 1 heterocycles. The average Bonchev–Trinajstić information content (AvgIpc) is 2.75. The first-order valence-electron chi connectivity index (χ1n) is 5.20. The van der Waals surface area contributed by atoms with E-state index in [1.54, 1.807) is 0 Å². The number of aryl methyl sites for hydroxylation is 1. The first-order valence-corrected chi connectivity index (χ1v) is 6.02. The highest BCUT2D eigenvalue weighted by molar-refractivity contribution is 7.17. The van der Waals surface area contributed by atoms with Crippen LogP contribution in [0.5, 0.6) is 0 Å². The van der Waals surface area contributed by atoms with Gasteiger partial charge in [-0.05, 0) is 19.8 Å². The minimum Gasteiger partial charge on any atom is -0.375 e. The summed E-state index contributed by atoms with van der Waals surface area (Å²) in [7, 11) is 0. The van der Waals surface area contributed by atoms with Crippen LogP contribution in [-0.2, 0) is 0 Å². The van der Waals surface area contributed by atoms with Crippen molar-refractivity contribution in [2.24, 2.45) is 0 Å². The number of carbonyl (C=O) groups excluding carboxylic acids is 1. The molecule has 0 radical (unpaired) electrons. The molecule has 15 heavy (non-hydrogen) atoms. The van der Waals surface area contributed by atoms with Crippen LogP contribution in [0.4, 0.5) is 5.13 Å². The monoisotopic (exact) mass is 225 g/mol. The summed E-state index contributed by atoms with van der Waals surface area (Å²) in [4.78, 5) is 16.5. The van der Waals surface area contributed by atoms with Crippen LogP contribution in [0.1, 0.15) is 41.0 Å². The molecule has 1 fully saturated rings. The topological polar surface area (TPSA) is 68.0 Å². The lowest BCUT2D eigenvalue weighted by molar-refractivity contribution is 0.0941. The Bertz CT molecular complexity index is 369. The molecule has 0 saturated heterocycles. The minimum absolute atomic E-state index is 0.0198. The van der Waals surface area contributed by atoms with Gasteiger partial charge in [0.2, 0.25) is 0 Å². The van der Waals surface area contributed by atoms with Crippen molar-refractivity contribution in [1.29, 1.82) is 0 Å². The third-order valence-electron chi connectivity index (χ3n) is 2.71. The predicted molar refractivity (Wildman–Crippen MR) is 61.0 cm³/mol. The summed E-state index contributed by atoms with van der Waals surface area (Å²) in [6, 6.07) is 0.347. The number of nitrogens with one attached hydrogen (secondary N) is 1. The molecule has 3 N–H and O–H groups in total. The van der Waals surface area contributed by atoms with Crippen molar-refractivity contribution >= 4 is 22.4 Å². The zero-order chi connectivity index (χ0) is 10.8. The highest BCUT2D eigenvalue weighted by Crippen LogP contribution is 2.22. The van der Waals surface area contributed by atoms with Gasteiger partial charge >= 0.3 is 0 Å². The maximum Gasteiger partial charge on any atom is 0.263 e. The number of carbonyl (C=O) groups is 1. The second kappa shape index (κ2) is 4.18. The van der Waals surface area contributed by atoms with Crippen LogP contribution < -0.4 is 11.1 Å². The summed E-state index contributed by atoms with van der Waals surface area (Å²) >= 11 is 1.26. The highest BCUT2D eigenvalue weighted by Gasteiger charge is 2.20. The zero-order valence-electron chi connectivity index (χ0n) is 8.75. The molecular formula is C10H15N3OS. The van der Waals surface area contributed by atoms with Gasteiger partial charge in [0.15, 0.2) is 5.13 Å². The lowest BCUT2D eigenvalue weighted by atomic mass is 10.2. The normalized spacial score (nSPS) is 16.9. The van der Waals surface area contributed by atoms with Crippen molar-refractivity contribution in [2.75, 3.05) is 5.73 Å². The number of hydrogen-bond donors (Lipinski definition) is 2. The zero-order valence-corrected chi connectivity index (χ0v) is 9.56. The van der Waals surface area contributed by atoms with Gasteiger partial charge in [-0.3, -0.25) is 4.79 Å². The third-order valence-corrected chi connectivity index (χ3v) is 3.70. The van der Waals surface area contributed by atoms with E-state index in [-0.39, 0.29) is 5.91 Å². The van der Waals surface area contributed by atoms with Gasteiger partial charge in [-0.1, -0.05) is 24.2 Å². The second-order valence-corrected chi connectivity index (χ2v) is 4.95. The van der Waals surface area contributed by atoms with Crippen molar-refractivity contribution < 1.29 is 4.79 Å². The van der Waals surface area contributed by atoms with Gasteiger partial charge in [0, 0.05) is 6.04 Å². The van der Waals surface area contributed by atoms with E-state index < -0.39 is 0 Å². The summed E-state index contributed by atoms with van der Waals surface area (Å²) in [5, 5.41) is 3.49. The van der Waals surface area contributed by atoms with E-state index in [9.17, 15) is 4.79 Å². The van der Waals surface area contributed by atoms with Crippen molar-refractivity contribution in [1.82, 2.24) is 10.3 Å². The summed E-state index contributed by atoms with van der Waals surface area (Å²) in [5.41, 5.74) is 6.28. The molecule has 82 valence electrons. The van der Waals surface area contributed by atoms with E-state index in [1.807, 2.05) is 6.92 Å². The molecule has 1 aromatic heterocycles. The molecule has 1 aromatic rings. The molecule has 0 bridgehead atoms. The fourth-order valence-electron chi connectivity index (χ4n) is 1.95. The molecule has 0 aromatic carbocycles. The number of nitrogens with two attached hydrogens (primary N) is 1. The quantitative estimate of drug-likeness (QED) is 0.805. The van der Waals surface area contributed by atoms with Crippen molar-refractivity contribution in [2.45, 2.75) is 38.6 Å². The molecule has 0 atom stereocenters. The Kier molecular flexibility index (Phi) is 2.90. The van der Waals surface area contributed by atoms with Gasteiger partial charge in [-0.2, -0.15) is 0 Å². The maximum atomic E-state index is 11.8. The van der Waals surface area contributed by atoms with Gasteiger partial charge < -0.3 is 11.1 Å². The standard InChI is InChI=1S/C10H15N3OS/c1-6-8(15-10(11)12-6)9(14)13-7-4-2-3-5-7/h7H,2-5H2,1H3,(H2,11,12)(H,13,14). The van der Waals surface area contributed by atoms with E-state index in [0.29, 0.717) is 16.1 Å². The molecule has 1 aliphatic rings. The Labute approximate surface area is 92.9 Å². The molecule has 2 rings (SSSR count). The molecule has 1 aliphatic carbocycles. The maximum absolute atomic E-state index is 11.8. The fourth-order valence-corrected chi connectivity index (χ4v) is 2.69. The Morgan fingerprint density at radius 2 is 2.20 bits per heavy atom. The van der Waals surface area contributed by atoms with Gasteiger partial charge in [0.05, 0.1) is 5.69 Å². The van der Waals surface area contributed by atoms with E-state index in [2.05, 4.69) is 10.3 Å². The molecule has 0 aliphatic heterocycles. The first-order chi connectivity index (χ1) is 7.16. The summed E-state index contributed by atoms with van der Waals surface area (Å²) in [5.74, 6) is -0.0198. The third kappa shape index (κ3) is 2.28. The molecule has 1 saturated carbocycles. The van der Waals surface area contributed by atoms with Crippen LogP contribution in [0.3, 0.4) is 0 Å². The number of amides is 1. The van der Waals surface area contributed by atoms with Crippen LogP contribution in [0.2, 0.25) is 0 Å². The summed E-state index contributed by atoms with van der Waals surface area (Å²) in [6.07, 6.45) is 4.63. The smallest absolute Gasteiger partial charge is 0.263 e. The lowest BCUT2D eigenvalue weighted by Gasteiger charge is -2.10. The number of aromatic nitrogens is 1. The highest BCUT2D eigenvalue weighted by atomic mass is 32.1. The summed E-state index contributed by atoms with van der Waals surface area (Å²) < 4.78 is 0. The van der Waals surface area contributed by atoms with E-state index >= 15 is 0 Å². The van der Waals surface area contributed by atoms with Crippen LogP contribution in [0.25, 0.3) is 0 Å². The Hall–Kier alpha value is -1.10. The Morgan fingerprint density at radius 3 is 2.73 bits per heavy atom. The number of hydrogen-bond acceptors (Lipinski definition) is 4.